The zero-order valence-corrected chi connectivity index (χ0v) is 10.8. The van der Waals surface area contributed by atoms with Crippen LogP contribution >= 0.6 is 11.3 Å². The Morgan fingerprint density at radius 1 is 1.50 bits per heavy atom. The van der Waals surface area contributed by atoms with Gasteiger partial charge < -0.3 is 10.7 Å². The molecule has 0 aliphatic heterocycles. The van der Waals surface area contributed by atoms with E-state index in [0.29, 0.717) is 10.0 Å². The number of hydrogen-bond acceptors (Lipinski definition) is 6. The zero-order chi connectivity index (χ0) is 14.5. The molecular weight excluding hydrogens is 282 g/mol. The summed E-state index contributed by atoms with van der Waals surface area (Å²) in [6.45, 7) is 0.229. The minimum atomic E-state index is -0.772. The van der Waals surface area contributed by atoms with Crippen LogP contribution in [0.2, 0.25) is 0 Å². The second-order valence-electron chi connectivity index (χ2n) is 3.48. The number of carbonyl (C=O) groups excluding carboxylic acids is 1. The number of nitrogens with zero attached hydrogens (tertiary/aromatic N) is 1. The molecule has 0 saturated heterocycles. The molecule has 0 aliphatic rings. The summed E-state index contributed by atoms with van der Waals surface area (Å²) in [7, 11) is 0. The van der Waals surface area contributed by atoms with Crippen molar-refractivity contribution < 1.29 is 4.79 Å². The summed E-state index contributed by atoms with van der Waals surface area (Å²) in [5, 5.41) is 2.74. The predicted octanol–water partition coefficient (Wildman–Crippen LogP) is -0.918. The van der Waals surface area contributed by atoms with Crippen molar-refractivity contribution in [3.05, 3.63) is 43.7 Å². The molecule has 9 heteroatoms. The monoisotopic (exact) mass is 291 g/mol. The fourth-order valence-corrected chi connectivity index (χ4v) is 1.96. The van der Waals surface area contributed by atoms with E-state index in [1.165, 1.54) is 6.20 Å². The van der Waals surface area contributed by atoms with Gasteiger partial charge in [-0.2, -0.15) is 0 Å². The molecule has 0 saturated carbocycles. The number of aromatic amines is 2. The van der Waals surface area contributed by atoms with Crippen LogP contribution in [0.25, 0.3) is 0 Å². The average Bonchev–Trinajstić information content (AvgIpc) is 2.83. The molecule has 1 amide bonds. The third-order valence-electron chi connectivity index (χ3n) is 2.10. The fourth-order valence-electron chi connectivity index (χ4n) is 1.27. The Hall–Kier alpha value is -2.70. The lowest BCUT2D eigenvalue weighted by Crippen LogP contribution is -2.29. The highest BCUT2D eigenvalue weighted by Gasteiger charge is 2.12. The molecule has 0 aromatic carbocycles. The summed E-state index contributed by atoms with van der Waals surface area (Å²) >= 11 is 1.15. The van der Waals surface area contributed by atoms with Crippen LogP contribution in [0.3, 0.4) is 0 Å². The van der Waals surface area contributed by atoms with E-state index in [2.05, 4.69) is 27.1 Å². The van der Waals surface area contributed by atoms with Gasteiger partial charge in [0.05, 0.1) is 17.6 Å². The Morgan fingerprint density at radius 2 is 2.30 bits per heavy atom. The van der Waals surface area contributed by atoms with Crippen LogP contribution in [-0.4, -0.2) is 27.4 Å². The number of rotatable bonds is 2. The molecule has 0 radical (unpaired) electrons. The molecule has 2 aromatic rings. The smallest absolute Gasteiger partial charge is 0.320 e. The fraction of sp³-hybridized carbons (Fsp3) is 0.0909. The van der Waals surface area contributed by atoms with Crippen molar-refractivity contribution in [2.75, 3.05) is 11.9 Å². The van der Waals surface area contributed by atoms with Crippen LogP contribution in [0, 0.1) is 11.8 Å². The van der Waals surface area contributed by atoms with Gasteiger partial charge in [-0.1, -0.05) is 23.2 Å². The molecule has 0 fully saturated rings. The Labute approximate surface area is 116 Å². The first-order valence-corrected chi connectivity index (χ1v) is 6.20. The summed E-state index contributed by atoms with van der Waals surface area (Å²) in [5.41, 5.74) is 3.58. The lowest BCUT2D eigenvalue weighted by atomic mass is 10.3. The van der Waals surface area contributed by atoms with Gasteiger partial charge >= 0.3 is 5.69 Å². The number of amides is 1. The third-order valence-corrected chi connectivity index (χ3v) is 2.93. The molecule has 5 N–H and O–H groups in total. The largest absolute Gasteiger partial charge is 0.325 e. The standard InChI is InChI=1S/C11H9N5O3S/c12-3-1-2-6-4-14-11(20-6)16-9(18)7-5-13-10(19)15-8(7)17/h4-5H,3,12H2,(H,14,16,18)(H2,13,15,17,19). The van der Waals surface area contributed by atoms with Gasteiger partial charge in [0.25, 0.3) is 11.5 Å². The van der Waals surface area contributed by atoms with Gasteiger partial charge in [-0.15, -0.1) is 0 Å². The molecule has 20 heavy (non-hydrogen) atoms. The van der Waals surface area contributed by atoms with Crippen LogP contribution in [0.4, 0.5) is 5.13 Å². The molecule has 0 atom stereocenters. The highest BCUT2D eigenvalue weighted by atomic mass is 32.1. The first-order valence-electron chi connectivity index (χ1n) is 5.38. The van der Waals surface area contributed by atoms with Crippen molar-refractivity contribution in [1.29, 1.82) is 0 Å². The summed E-state index contributed by atoms with van der Waals surface area (Å²) < 4.78 is 0. The lowest BCUT2D eigenvalue weighted by Gasteiger charge is -1.99. The number of nitrogens with two attached hydrogens (primary N) is 1. The maximum absolute atomic E-state index is 11.8. The molecule has 8 nitrogen and oxygen atoms in total. The van der Waals surface area contributed by atoms with Crippen molar-refractivity contribution in [3.63, 3.8) is 0 Å². The Morgan fingerprint density at radius 3 is 3.00 bits per heavy atom. The van der Waals surface area contributed by atoms with Crippen LogP contribution < -0.4 is 22.3 Å². The highest BCUT2D eigenvalue weighted by molar-refractivity contribution is 7.16. The van der Waals surface area contributed by atoms with Gasteiger partial charge in [0, 0.05) is 6.20 Å². The maximum atomic E-state index is 11.8. The first kappa shape index (κ1) is 13.7. The van der Waals surface area contributed by atoms with Crippen LogP contribution in [-0.2, 0) is 0 Å². The van der Waals surface area contributed by atoms with E-state index in [1.807, 2.05) is 4.98 Å². The van der Waals surface area contributed by atoms with E-state index in [4.69, 9.17) is 5.73 Å². The number of anilines is 1. The minimum absolute atomic E-state index is 0.214. The molecule has 0 unspecified atom stereocenters. The molecule has 0 spiro atoms. The van der Waals surface area contributed by atoms with E-state index in [-0.39, 0.29) is 12.1 Å². The number of thiazole rings is 1. The van der Waals surface area contributed by atoms with E-state index in [0.717, 1.165) is 17.5 Å². The summed E-state index contributed by atoms with van der Waals surface area (Å²) in [4.78, 5) is 42.9. The predicted molar refractivity (Wildman–Crippen MR) is 73.7 cm³/mol. The van der Waals surface area contributed by atoms with Crippen LogP contribution in [0.1, 0.15) is 15.2 Å². The maximum Gasteiger partial charge on any atom is 0.325 e. The molecule has 0 bridgehead atoms. The number of carbonyl (C=O) groups is 1. The van der Waals surface area contributed by atoms with Crippen LogP contribution in [0.15, 0.2) is 22.0 Å². The average molecular weight is 291 g/mol. The Balaban J connectivity index is 2.17. The van der Waals surface area contributed by atoms with E-state index >= 15 is 0 Å². The zero-order valence-electron chi connectivity index (χ0n) is 10.0. The number of H-pyrrole nitrogens is 2. The second kappa shape index (κ2) is 5.96. The quantitative estimate of drug-likeness (QED) is 0.531. The molecule has 2 heterocycles. The van der Waals surface area contributed by atoms with Gasteiger partial charge in [-0.05, 0) is 0 Å². The SMILES string of the molecule is NCC#Cc1cnc(NC(=O)c2c[nH]c(=O)[nH]c2=O)s1. The van der Waals surface area contributed by atoms with Crippen molar-refractivity contribution in [3.8, 4) is 11.8 Å². The Bertz CT molecular complexity index is 807. The van der Waals surface area contributed by atoms with Crippen molar-refractivity contribution in [2.24, 2.45) is 5.73 Å². The Kier molecular flexibility index (Phi) is 4.09. The third kappa shape index (κ3) is 3.19. The van der Waals surface area contributed by atoms with E-state index < -0.39 is 17.2 Å². The number of nitrogens with one attached hydrogen (secondary N) is 3. The van der Waals surface area contributed by atoms with Gasteiger partial charge in [0.1, 0.15) is 5.56 Å². The van der Waals surface area contributed by atoms with Gasteiger partial charge in [-0.3, -0.25) is 19.9 Å². The molecule has 102 valence electrons. The first-order chi connectivity index (χ1) is 9.60. The van der Waals surface area contributed by atoms with Gasteiger partial charge in [-0.25, -0.2) is 9.78 Å². The van der Waals surface area contributed by atoms with Crippen molar-refractivity contribution in [2.45, 2.75) is 0 Å². The van der Waals surface area contributed by atoms with E-state index in [1.54, 1.807) is 0 Å². The topological polar surface area (TPSA) is 134 Å². The summed E-state index contributed by atoms with van der Waals surface area (Å²) in [5.74, 6) is 4.76. The van der Waals surface area contributed by atoms with E-state index in [9.17, 15) is 14.4 Å². The second-order valence-corrected chi connectivity index (χ2v) is 4.51. The summed E-state index contributed by atoms with van der Waals surface area (Å²) in [6, 6.07) is 0. The van der Waals surface area contributed by atoms with Crippen LogP contribution in [0.5, 0.6) is 0 Å². The molecular formula is C11H9N5O3S. The molecule has 2 aromatic heterocycles. The number of hydrogen-bond donors (Lipinski definition) is 4. The number of aromatic nitrogens is 3. The van der Waals surface area contributed by atoms with Gasteiger partial charge in [0.15, 0.2) is 5.13 Å². The van der Waals surface area contributed by atoms with Gasteiger partial charge in [0.2, 0.25) is 0 Å². The summed E-state index contributed by atoms with van der Waals surface area (Å²) in [6.07, 6.45) is 2.53. The molecule has 0 aliphatic carbocycles. The van der Waals surface area contributed by atoms with Crippen molar-refractivity contribution >= 4 is 22.4 Å². The van der Waals surface area contributed by atoms with Crippen molar-refractivity contribution in [1.82, 2.24) is 15.0 Å². The normalized spacial score (nSPS) is 9.65. The highest BCUT2D eigenvalue weighted by Crippen LogP contribution is 2.17. The molecule has 2 rings (SSSR count). The minimum Gasteiger partial charge on any atom is -0.320 e. The lowest BCUT2D eigenvalue weighted by molar-refractivity contribution is 0.102.